The predicted molar refractivity (Wildman–Crippen MR) is 139 cm³/mol. The molecule has 1 amide bonds. The maximum absolute atomic E-state index is 13.5. The van der Waals surface area contributed by atoms with Gasteiger partial charge < -0.3 is 24.2 Å². The Morgan fingerprint density at radius 1 is 1.06 bits per heavy atom. The molecule has 1 aliphatic heterocycles. The number of carbonyl (C=O) groups excluding carboxylic acids is 1. The number of hydrogen-bond donors (Lipinski definition) is 1. The van der Waals surface area contributed by atoms with Crippen molar-refractivity contribution in [1.82, 2.24) is 5.16 Å². The van der Waals surface area contributed by atoms with Crippen LogP contribution >= 0.6 is 23.2 Å². The average Bonchev–Trinajstić information content (AvgIpc) is 3.28. The lowest BCUT2D eigenvalue weighted by molar-refractivity contribution is -0.181. The van der Waals surface area contributed by atoms with Gasteiger partial charge in [-0.3, -0.25) is 4.79 Å². The number of anilines is 2. The summed E-state index contributed by atoms with van der Waals surface area (Å²) in [4.78, 5) is 15.8. The monoisotopic (exact) mass is 517 g/mol. The molecule has 2 aromatic carbocycles. The molecule has 3 aromatic rings. The van der Waals surface area contributed by atoms with Crippen molar-refractivity contribution >= 4 is 40.5 Å². The van der Waals surface area contributed by atoms with Crippen molar-refractivity contribution in [3.05, 3.63) is 63.8 Å². The number of amides is 1. The van der Waals surface area contributed by atoms with Crippen LogP contribution in [0.25, 0.3) is 11.3 Å². The quantitative estimate of drug-likeness (QED) is 0.351. The Balaban J connectivity index is 1.62. The normalized spacial score (nSPS) is 14.2. The van der Waals surface area contributed by atoms with Gasteiger partial charge in [-0.25, -0.2) is 0 Å². The van der Waals surface area contributed by atoms with Crippen molar-refractivity contribution in [3.8, 4) is 11.3 Å². The first-order valence-corrected chi connectivity index (χ1v) is 12.6. The number of benzene rings is 2. The molecule has 35 heavy (non-hydrogen) atoms. The summed E-state index contributed by atoms with van der Waals surface area (Å²) in [5, 5.41) is 7.94. The summed E-state index contributed by atoms with van der Waals surface area (Å²) >= 11 is 12.9. The molecule has 0 atom stereocenters. The van der Waals surface area contributed by atoms with Crippen molar-refractivity contribution in [3.63, 3.8) is 0 Å². The minimum absolute atomic E-state index is 0.295. The first kappa shape index (κ1) is 25.5. The first-order valence-electron chi connectivity index (χ1n) is 11.8. The highest BCUT2D eigenvalue weighted by Crippen LogP contribution is 2.37. The molecule has 1 aromatic heterocycles. The van der Waals surface area contributed by atoms with Gasteiger partial charge in [-0.2, -0.15) is 0 Å². The number of aryl methyl sites for hydroxylation is 1. The lowest BCUT2D eigenvalue weighted by Crippen LogP contribution is -2.25. The molecule has 1 aliphatic rings. The minimum Gasteiger partial charge on any atom is -0.372 e. The number of carbonyl (C=O) groups is 1. The molecule has 0 unspecified atom stereocenters. The van der Waals surface area contributed by atoms with E-state index in [1.54, 1.807) is 18.2 Å². The highest BCUT2D eigenvalue weighted by atomic mass is 35.5. The van der Waals surface area contributed by atoms with Gasteiger partial charge in [0, 0.05) is 42.9 Å². The fourth-order valence-corrected chi connectivity index (χ4v) is 4.69. The van der Waals surface area contributed by atoms with Crippen molar-refractivity contribution in [2.24, 2.45) is 0 Å². The van der Waals surface area contributed by atoms with Crippen molar-refractivity contribution in [2.75, 3.05) is 36.5 Å². The molecule has 186 valence electrons. The maximum atomic E-state index is 13.5. The van der Waals surface area contributed by atoms with Crippen LogP contribution in [0, 0.1) is 0 Å². The van der Waals surface area contributed by atoms with Crippen LogP contribution in [0.5, 0.6) is 0 Å². The Morgan fingerprint density at radius 3 is 2.34 bits per heavy atom. The van der Waals surface area contributed by atoms with Crippen molar-refractivity contribution < 1.29 is 18.8 Å². The molecule has 0 radical (unpaired) electrons. The van der Waals surface area contributed by atoms with Crippen LogP contribution in [0.4, 0.5) is 11.4 Å². The van der Waals surface area contributed by atoms with Crippen LogP contribution in [0.15, 0.2) is 47.0 Å². The van der Waals surface area contributed by atoms with Gasteiger partial charge in [0.05, 0.1) is 23.3 Å². The van der Waals surface area contributed by atoms with E-state index in [0.29, 0.717) is 64.4 Å². The summed E-state index contributed by atoms with van der Waals surface area (Å²) in [5.74, 6) is 0.0688. The Kier molecular flexibility index (Phi) is 8.68. The van der Waals surface area contributed by atoms with E-state index in [9.17, 15) is 4.79 Å². The zero-order valence-electron chi connectivity index (χ0n) is 19.9. The Morgan fingerprint density at radius 2 is 1.71 bits per heavy atom. The zero-order chi connectivity index (χ0) is 24.8. The van der Waals surface area contributed by atoms with Crippen LogP contribution in [0.2, 0.25) is 10.0 Å². The largest absolute Gasteiger partial charge is 0.372 e. The van der Waals surface area contributed by atoms with Crippen LogP contribution < -0.4 is 10.2 Å². The van der Waals surface area contributed by atoms with Gasteiger partial charge in [-0.1, -0.05) is 34.4 Å². The molecule has 4 rings (SSSR count). The van der Waals surface area contributed by atoms with Gasteiger partial charge in [-0.05, 0) is 56.7 Å². The van der Waals surface area contributed by atoms with Gasteiger partial charge in [0.2, 0.25) is 0 Å². The summed E-state index contributed by atoms with van der Waals surface area (Å²) < 4.78 is 16.9. The molecule has 7 nitrogen and oxygen atoms in total. The average molecular weight is 518 g/mol. The van der Waals surface area contributed by atoms with Gasteiger partial charge in [-0.15, -0.1) is 0 Å². The van der Waals surface area contributed by atoms with Gasteiger partial charge in [0.25, 0.3) is 5.91 Å². The van der Waals surface area contributed by atoms with Crippen LogP contribution in [-0.4, -0.2) is 43.7 Å². The number of nitrogens with zero attached hydrogens (tertiary/aromatic N) is 2. The third-order valence-electron chi connectivity index (χ3n) is 5.95. The summed E-state index contributed by atoms with van der Waals surface area (Å²) in [7, 11) is 0. The lowest BCUT2D eigenvalue weighted by Gasteiger charge is -2.22. The van der Waals surface area contributed by atoms with E-state index >= 15 is 0 Å². The summed E-state index contributed by atoms with van der Waals surface area (Å²) in [6, 6.07) is 12.9. The SMILES string of the molecule is CCN(CC)c1ccc(NC(=O)c2c(-c3c(Cl)cccc3Cl)noc2CCC2OCCCO2)cc1. The number of aromatic nitrogens is 1. The number of halogens is 2. The molecule has 2 heterocycles. The van der Waals surface area contributed by atoms with E-state index in [1.807, 2.05) is 24.3 Å². The molecular weight excluding hydrogens is 489 g/mol. The summed E-state index contributed by atoms with van der Waals surface area (Å²) in [6.45, 7) is 7.33. The number of nitrogens with one attached hydrogen (secondary N) is 1. The molecular formula is C26H29Cl2N3O4. The van der Waals surface area contributed by atoms with E-state index < -0.39 is 0 Å². The van der Waals surface area contributed by atoms with E-state index in [1.165, 1.54) is 0 Å². The molecule has 0 saturated carbocycles. The van der Waals surface area contributed by atoms with E-state index in [2.05, 4.69) is 29.2 Å². The van der Waals surface area contributed by atoms with Crippen LogP contribution in [0.3, 0.4) is 0 Å². The Labute approximate surface area is 215 Å². The fraction of sp³-hybridized carbons (Fsp3) is 0.385. The van der Waals surface area contributed by atoms with Gasteiger partial charge >= 0.3 is 0 Å². The highest BCUT2D eigenvalue weighted by Gasteiger charge is 2.28. The summed E-state index contributed by atoms with van der Waals surface area (Å²) in [6.07, 6.45) is 1.46. The number of hydrogen-bond acceptors (Lipinski definition) is 6. The molecule has 0 aliphatic carbocycles. The van der Waals surface area contributed by atoms with Crippen molar-refractivity contribution in [1.29, 1.82) is 0 Å². The maximum Gasteiger partial charge on any atom is 0.261 e. The highest BCUT2D eigenvalue weighted by molar-refractivity contribution is 6.39. The van der Waals surface area contributed by atoms with E-state index in [-0.39, 0.29) is 12.2 Å². The Bertz CT molecular complexity index is 1120. The van der Waals surface area contributed by atoms with Gasteiger partial charge in [0.15, 0.2) is 6.29 Å². The standard InChI is InChI=1S/C26H29Cl2N3O4/c1-3-31(4-2)18-11-9-17(10-12-18)29-26(32)24-21(13-14-22-33-15-6-16-34-22)35-30-25(24)23-19(27)7-5-8-20(23)28/h5,7-12,22H,3-4,6,13-16H2,1-2H3,(H,29,32). The van der Waals surface area contributed by atoms with Gasteiger partial charge in [0.1, 0.15) is 17.0 Å². The fourth-order valence-electron chi connectivity index (χ4n) is 4.11. The second-order valence-electron chi connectivity index (χ2n) is 8.16. The zero-order valence-corrected chi connectivity index (χ0v) is 21.4. The van der Waals surface area contributed by atoms with E-state index in [0.717, 1.165) is 25.2 Å². The van der Waals surface area contributed by atoms with Crippen LogP contribution in [0.1, 0.15) is 42.8 Å². The third-order valence-corrected chi connectivity index (χ3v) is 6.58. The van der Waals surface area contributed by atoms with Crippen molar-refractivity contribution in [2.45, 2.75) is 39.4 Å². The molecule has 1 N–H and O–H groups in total. The second-order valence-corrected chi connectivity index (χ2v) is 8.98. The molecule has 9 heteroatoms. The number of ether oxygens (including phenoxy) is 2. The molecule has 0 spiro atoms. The molecule has 0 bridgehead atoms. The van der Waals surface area contributed by atoms with Crippen LogP contribution in [-0.2, 0) is 15.9 Å². The Hall–Kier alpha value is -2.58. The summed E-state index contributed by atoms with van der Waals surface area (Å²) in [5.41, 5.74) is 2.81. The third kappa shape index (κ3) is 5.98. The topological polar surface area (TPSA) is 76.8 Å². The predicted octanol–water partition coefficient (Wildman–Crippen LogP) is 6.44. The molecule has 1 fully saturated rings. The number of rotatable bonds is 9. The smallest absolute Gasteiger partial charge is 0.261 e. The lowest BCUT2D eigenvalue weighted by atomic mass is 10.0. The van der Waals surface area contributed by atoms with E-state index in [4.69, 9.17) is 37.2 Å². The molecule has 1 saturated heterocycles. The minimum atomic E-state index is -0.353. The first-order chi connectivity index (χ1) is 17.0. The second kappa shape index (κ2) is 11.9.